The molecule has 3 rings (SSSR count). The van der Waals surface area contributed by atoms with Crippen molar-refractivity contribution in [3.8, 4) is 0 Å². The van der Waals surface area contributed by atoms with Crippen molar-refractivity contribution in [2.45, 2.75) is 77.4 Å². The molecule has 0 N–H and O–H groups in total. The van der Waals surface area contributed by atoms with E-state index in [1.54, 1.807) is 0 Å². The van der Waals surface area contributed by atoms with Crippen LogP contribution < -0.4 is 0 Å². The Morgan fingerprint density at radius 1 is 1.08 bits per heavy atom. The fraction of sp³-hybridized carbons (Fsp3) is 0.944. The van der Waals surface area contributed by atoms with E-state index in [4.69, 9.17) is 0 Å². The first-order valence-electron chi connectivity index (χ1n) is 9.46. The van der Waals surface area contributed by atoms with E-state index in [1.165, 1.54) is 51.6 Å². The molecule has 0 atom stereocenters. The molecule has 1 aliphatic carbocycles. The highest BCUT2D eigenvalue weighted by molar-refractivity contribution is 4.94. The number of rotatable bonds is 3. The molecule has 1 aromatic rings. The maximum Gasteiger partial charge on any atom is 0.165 e. The zero-order valence-electron chi connectivity index (χ0n) is 16.1. The maximum absolute atomic E-state index is 4.26. The van der Waals surface area contributed by atoms with Gasteiger partial charge in [-0.05, 0) is 102 Å². The van der Waals surface area contributed by atoms with Gasteiger partial charge in [0, 0.05) is 6.04 Å². The van der Waals surface area contributed by atoms with Gasteiger partial charge in [-0.1, -0.05) is 0 Å². The molecule has 6 nitrogen and oxygen atoms in total. The zero-order chi connectivity index (χ0) is 17.4. The Bertz CT molecular complexity index is 526. The molecule has 1 saturated heterocycles. The molecule has 2 heterocycles. The summed E-state index contributed by atoms with van der Waals surface area (Å²) in [5.41, 5.74) is 0.555. The fourth-order valence-corrected chi connectivity index (χ4v) is 4.44. The lowest BCUT2D eigenvalue weighted by Crippen LogP contribution is -2.44. The number of nitrogens with zero attached hydrogens (tertiary/aromatic N) is 6. The van der Waals surface area contributed by atoms with E-state index in [2.05, 4.69) is 60.2 Å². The predicted molar refractivity (Wildman–Crippen MR) is 95.7 cm³/mol. The number of piperidine rings is 1. The van der Waals surface area contributed by atoms with Gasteiger partial charge in [0.15, 0.2) is 5.82 Å². The van der Waals surface area contributed by atoms with E-state index in [1.807, 2.05) is 4.68 Å². The van der Waals surface area contributed by atoms with E-state index < -0.39 is 0 Å². The number of hydrogen-bond acceptors (Lipinski definition) is 5. The van der Waals surface area contributed by atoms with E-state index in [0.29, 0.717) is 5.41 Å². The molecule has 0 unspecified atom stereocenters. The van der Waals surface area contributed by atoms with Crippen LogP contribution in [0.1, 0.15) is 65.1 Å². The number of hydrogen-bond donors (Lipinski definition) is 0. The Balaban J connectivity index is 1.54. The molecule has 1 aromatic heterocycles. The lowest BCUT2D eigenvalue weighted by Gasteiger charge is -2.47. The van der Waals surface area contributed by atoms with Crippen molar-refractivity contribution < 1.29 is 0 Å². The van der Waals surface area contributed by atoms with Gasteiger partial charge in [0.1, 0.15) is 0 Å². The van der Waals surface area contributed by atoms with Crippen LogP contribution in [0.5, 0.6) is 0 Å². The first-order chi connectivity index (χ1) is 11.3. The van der Waals surface area contributed by atoms with Crippen molar-refractivity contribution in [2.75, 3.05) is 27.2 Å². The molecule has 1 saturated carbocycles. The predicted octanol–water partition coefficient (Wildman–Crippen LogP) is 2.51. The van der Waals surface area contributed by atoms with Crippen LogP contribution in [0.4, 0.5) is 0 Å². The van der Waals surface area contributed by atoms with Gasteiger partial charge in [0.05, 0.1) is 12.1 Å². The minimum Gasteiger partial charge on any atom is -0.306 e. The van der Waals surface area contributed by atoms with Crippen LogP contribution in [0.25, 0.3) is 0 Å². The summed E-state index contributed by atoms with van der Waals surface area (Å²) in [5.74, 6) is 0.995. The topological polar surface area (TPSA) is 50.1 Å². The zero-order valence-corrected chi connectivity index (χ0v) is 16.1. The minimum atomic E-state index is -0.0552. The van der Waals surface area contributed by atoms with E-state index in [-0.39, 0.29) is 5.54 Å². The molecule has 24 heavy (non-hydrogen) atoms. The van der Waals surface area contributed by atoms with Gasteiger partial charge in [0.2, 0.25) is 0 Å². The second-order valence-corrected chi connectivity index (χ2v) is 9.15. The third kappa shape index (κ3) is 3.80. The quantitative estimate of drug-likeness (QED) is 0.850. The second kappa shape index (κ2) is 6.71. The van der Waals surface area contributed by atoms with Gasteiger partial charge < -0.3 is 4.90 Å². The smallest absolute Gasteiger partial charge is 0.165 e. The van der Waals surface area contributed by atoms with Crippen molar-refractivity contribution >= 4 is 0 Å². The van der Waals surface area contributed by atoms with Crippen molar-refractivity contribution in [3.63, 3.8) is 0 Å². The van der Waals surface area contributed by atoms with Crippen molar-refractivity contribution in [1.82, 2.24) is 30.0 Å². The van der Waals surface area contributed by atoms with Gasteiger partial charge in [-0.3, -0.25) is 4.90 Å². The normalized spacial score (nSPS) is 23.2. The van der Waals surface area contributed by atoms with Gasteiger partial charge in [-0.25, -0.2) is 4.68 Å². The molecular weight excluding hydrogens is 300 g/mol. The van der Waals surface area contributed by atoms with Gasteiger partial charge in [0.25, 0.3) is 0 Å². The van der Waals surface area contributed by atoms with Crippen LogP contribution in [-0.4, -0.2) is 63.2 Å². The van der Waals surface area contributed by atoms with Crippen molar-refractivity contribution in [1.29, 1.82) is 0 Å². The second-order valence-electron chi connectivity index (χ2n) is 9.15. The SMILES string of the molecule is CN(C)C1CCC2(CC1)CCN(Cc1nnnn1C(C)(C)C)CC2. The van der Waals surface area contributed by atoms with Gasteiger partial charge >= 0.3 is 0 Å². The average molecular weight is 335 g/mol. The highest BCUT2D eigenvalue weighted by Crippen LogP contribution is 2.45. The van der Waals surface area contributed by atoms with E-state index >= 15 is 0 Å². The highest BCUT2D eigenvalue weighted by atomic mass is 15.6. The Kier molecular flexibility index (Phi) is 4.98. The molecule has 2 aliphatic rings. The van der Waals surface area contributed by atoms with Crippen LogP contribution >= 0.6 is 0 Å². The molecule has 0 amide bonds. The third-order valence-corrected chi connectivity index (χ3v) is 6.20. The van der Waals surface area contributed by atoms with Crippen LogP contribution in [-0.2, 0) is 12.1 Å². The fourth-order valence-electron chi connectivity index (χ4n) is 4.44. The van der Waals surface area contributed by atoms with E-state index in [0.717, 1.165) is 18.4 Å². The van der Waals surface area contributed by atoms with Crippen molar-refractivity contribution in [3.05, 3.63) is 5.82 Å². The number of tetrazole rings is 1. The molecular formula is C18H34N6. The molecule has 0 aromatic carbocycles. The van der Waals surface area contributed by atoms with Crippen LogP contribution in [0, 0.1) is 5.41 Å². The number of likely N-dealkylation sites (tertiary alicyclic amines) is 1. The first-order valence-corrected chi connectivity index (χ1v) is 9.46. The Labute approximate surface area is 146 Å². The molecule has 0 radical (unpaired) electrons. The molecule has 1 spiro atoms. The summed E-state index contributed by atoms with van der Waals surface area (Å²) >= 11 is 0. The van der Waals surface area contributed by atoms with Gasteiger partial charge in [-0.15, -0.1) is 5.10 Å². The minimum absolute atomic E-state index is 0.0552. The third-order valence-electron chi connectivity index (χ3n) is 6.20. The Morgan fingerprint density at radius 3 is 2.25 bits per heavy atom. The molecule has 1 aliphatic heterocycles. The van der Waals surface area contributed by atoms with E-state index in [9.17, 15) is 0 Å². The monoisotopic (exact) mass is 334 g/mol. The summed E-state index contributed by atoms with van der Waals surface area (Å²) in [6.07, 6.45) is 8.23. The molecule has 2 fully saturated rings. The Hall–Kier alpha value is -1.01. The first kappa shape index (κ1) is 17.8. The standard InChI is InChI=1S/C18H34N6/c1-17(2,3)24-16(19-20-21-24)14-23-12-10-18(11-13-23)8-6-15(7-9-18)22(4)5/h15H,6-14H2,1-5H3. The molecule has 136 valence electrons. The van der Waals surface area contributed by atoms with Gasteiger partial charge in [-0.2, -0.15) is 0 Å². The Morgan fingerprint density at radius 2 is 1.71 bits per heavy atom. The summed E-state index contributed by atoms with van der Waals surface area (Å²) in [5, 5.41) is 12.3. The summed E-state index contributed by atoms with van der Waals surface area (Å²) < 4.78 is 1.97. The van der Waals surface area contributed by atoms with Crippen LogP contribution in [0.15, 0.2) is 0 Å². The number of aromatic nitrogens is 4. The van der Waals surface area contributed by atoms with Crippen LogP contribution in [0.3, 0.4) is 0 Å². The maximum atomic E-state index is 4.26. The lowest BCUT2D eigenvalue weighted by molar-refractivity contribution is 0.0387. The summed E-state index contributed by atoms with van der Waals surface area (Å²) in [6, 6.07) is 0.796. The summed E-state index contributed by atoms with van der Waals surface area (Å²) in [6.45, 7) is 9.71. The largest absolute Gasteiger partial charge is 0.306 e. The van der Waals surface area contributed by atoms with Crippen molar-refractivity contribution in [2.24, 2.45) is 5.41 Å². The van der Waals surface area contributed by atoms with Crippen LogP contribution in [0.2, 0.25) is 0 Å². The summed E-state index contributed by atoms with van der Waals surface area (Å²) in [4.78, 5) is 4.95. The molecule has 0 bridgehead atoms. The average Bonchev–Trinajstić information content (AvgIpc) is 2.99. The lowest BCUT2D eigenvalue weighted by atomic mass is 9.67. The molecule has 6 heteroatoms. The highest BCUT2D eigenvalue weighted by Gasteiger charge is 2.38. The summed E-state index contributed by atoms with van der Waals surface area (Å²) in [7, 11) is 4.45.